The Kier molecular flexibility index (Phi) is 11.5. The van der Waals surface area contributed by atoms with E-state index in [0.717, 1.165) is 45.7 Å². The second kappa shape index (κ2) is 11.7. The molecule has 0 atom stereocenters. The van der Waals surface area contributed by atoms with Crippen molar-refractivity contribution in [3.05, 3.63) is 0 Å². The van der Waals surface area contributed by atoms with Crippen molar-refractivity contribution >= 4 is 18.3 Å². The largest absolute Gasteiger partial charge is 0.381 e. The third-order valence-electron chi connectivity index (χ3n) is 2.86. The second-order valence-corrected chi connectivity index (χ2v) is 4.24. The van der Waals surface area contributed by atoms with Crippen LogP contribution in [0.5, 0.6) is 0 Å². The number of amides is 1. The normalized spacial score (nSPS) is 16.1. The summed E-state index contributed by atoms with van der Waals surface area (Å²) in [7, 11) is 0. The molecule has 1 heterocycles. The van der Waals surface area contributed by atoms with E-state index < -0.39 is 0 Å². The number of hydrogen-bond acceptors (Lipinski definition) is 4. The average Bonchev–Trinajstić information content (AvgIpc) is 2.36. The molecule has 0 spiro atoms. The highest BCUT2D eigenvalue weighted by atomic mass is 35.5. The average molecular weight is 280 g/mol. The van der Waals surface area contributed by atoms with E-state index in [1.807, 2.05) is 6.92 Å². The first-order valence-corrected chi connectivity index (χ1v) is 6.60. The summed E-state index contributed by atoms with van der Waals surface area (Å²) in [5, 5.41) is 6.25. The number of carbonyl (C=O) groups excluding carboxylic acids is 1. The highest BCUT2D eigenvalue weighted by Gasteiger charge is 2.08. The standard InChI is InChI=1S/C12H25N3O2.ClH/c1-2-17-11-4-12(16)14-5-3-8-15-9-6-13-7-10-15;/h13H,2-11H2,1H3,(H,14,16);1H. The summed E-state index contributed by atoms with van der Waals surface area (Å²) in [5.74, 6) is 0.0961. The van der Waals surface area contributed by atoms with Gasteiger partial charge in [-0.15, -0.1) is 12.4 Å². The molecule has 0 bridgehead atoms. The van der Waals surface area contributed by atoms with Crippen LogP contribution in [-0.4, -0.2) is 63.3 Å². The van der Waals surface area contributed by atoms with Crippen LogP contribution in [0.15, 0.2) is 0 Å². The molecule has 0 aromatic carbocycles. The van der Waals surface area contributed by atoms with Gasteiger partial charge in [0, 0.05) is 45.8 Å². The lowest BCUT2D eigenvalue weighted by molar-refractivity contribution is -0.122. The lowest BCUT2D eigenvalue weighted by atomic mass is 10.3. The summed E-state index contributed by atoms with van der Waals surface area (Å²) in [6, 6.07) is 0. The molecule has 1 aliphatic heterocycles. The number of nitrogens with one attached hydrogen (secondary N) is 2. The van der Waals surface area contributed by atoms with E-state index in [4.69, 9.17) is 4.74 Å². The van der Waals surface area contributed by atoms with Gasteiger partial charge in [-0.2, -0.15) is 0 Å². The van der Waals surface area contributed by atoms with Gasteiger partial charge in [-0.25, -0.2) is 0 Å². The molecule has 1 saturated heterocycles. The molecule has 108 valence electrons. The zero-order valence-corrected chi connectivity index (χ0v) is 12.1. The Labute approximate surface area is 116 Å². The Morgan fingerprint density at radius 3 is 2.78 bits per heavy atom. The van der Waals surface area contributed by atoms with Gasteiger partial charge in [0.25, 0.3) is 0 Å². The molecule has 1 amide bonds. The quantitative estimate of drug-likeness (QED) is 0.626. The van der Waals surface area contributed by atoms with Crippen molar-refractivity contribution < 1.29 is 9.53 Å². The maximum Gasteiger partial charge on any atom is 0.222 e. The Morgan fingerprint density at radius 2 is 2.11 bits per heavy atom. The lowest BCUT2D eigenvalue weighted by Gasteiger charge is -2.27. The fraction of sp³-hybridized carbons (Fsp3) is 0.917. The number of piperazine rings is 1. The molecular formula is C12H26ClN3O2. The number of carbonyl (C=O) groups is 1. The number of nitrogens with zero attached hydrogens (tertiary/aromatic N) is 1. The summed E-state index contributed by atoms with van der Waals surface area (Å²) in [4.78, 5) is 13.8. The van der Waals surface area contributed by atoms with Crippen LogP contribution in [0.4, 0.5) is 0 Å². The fourth-order valence-electron chi connectivity index (χ4n) is 1.86. The zero-order valence-electron chi connectivity index (χ0n) is 11.2. The molecule has 0 aliphatic carbocycles. The highest BCUT2D eigenvalue weighted by Crippen LogP contribution is 1.93. The smallest absolute Gasteiger partial charge is 0.222 e. The first-order valence-electron chi connectivity index (χ1n) is 6.60. The molecular weight excluding hydrogens is 254 g/mol. The Bertz CT molecular complexity index is 211. The predicted molar refractivity (Wildman–Crippen MR) is 75.3 cm³/mol. The van der Waals surface area contributed by atoms with Crippen molar-refractivity contribution in [2.45, 2.75) is 19.8 Å². The van der Waals surface area contributed by atoms with Crippen molar-refractivity contribution in [2.75, 3.05) is 52.5 Å². The molecule has 1 aliphatic rings. The summed E-state index contributed by atoms with van der Waals surface area (Å²) in [6.07, 6.45) is 1.50. The Balaban J connectivity index is 0.00000289. The van der Waals surface area contributed by atoms with Gasteiger partial charge in [0.05, 0.1) is 6.61 Å². The van der Waals surface area contributed by atoms with E-state index in [-0.39, 0.29) is 18.3 Å². The van der Waals surface area contributed by atoms with Gasteiger partial charge in [0.15, 0.2) is 0 Å². The van der Waals surface area contributed by atoms with Crippen molar-refractivity contribution in [2.24, 2.45) is 0 Å². The van der Waals surface area contributed by atoms with Crippen LogP contribution in [-0.2, 0) is 9.53 Å². The minimum Gasteiger partial charge on any atom is -0.381 e. The predicted octanol–water partition coefficient (Wildman–Crippen LogP) is 0.246. The van der Waals surface area contributed by atoms with Crippen molar-refractivity contribution in [3.63, 3.8) is 0 Å². The minimum atomic E-state index is 0. The van der Waals surface area contributed by atoms with E-state index in [2.05, 4.69) is 15.5 Å². The molecule has 0 saturated carbocycles. The maximum absolute atomic E-state index is 11.4. The molecule has 1 rings (SSSR count). The topological polar surface area (TPSA) is 53.6 Å². The minimum absolute atomic E-state index is 0. The Morgan fingerprint density at radius 1 is 1.39 bits per heavy atom. The third-order valence-corrected chi connectivity index (χ3v) is 2.86. The molecule has 1 fully saturated rings. The maximum atomic E-state index is 11.4. The lowest BCUT2D eigenvalue weighted by Crippen LogP contribution is -2.44. The van der Waals surface area contributed by atoms with Gasteiger partial charge in [-0.1, -0.05) is 0 Å². The SMILES string of the molecule is CCOCCC(=O)NCCCN1CCNCC1.Cl. The van der Waals surface area contributed by atoms with Gasteiger partial charge < -0.3 is 20.3 Å². The molecule has 0 radical (unpaired) electrons. The van der Waals surface area contributed by atoms with Crippen molar-refractivity contribution in [1.82, 2.24) is 15.5 Å². The second-order valence-electron chi connectivity index (χ2n) is 4.24. The van der Waals surface area contributed by atoms with Crippen LogP contribution in [0.3, 0.4) is 0 Å². The monoisotopic (exact) mass is 279 g/mol. The van der Waals surface area contributed by atoms with Crippen LogP contribution in [0.25, 0.3) is 0 Å². The number of hydrogen-bond donors (Lipinski definition) is 2. The number of halogens is 1. The summed E-state index contributed by atoms with van der Waals surface area (Å²) in [5.41, 5.74) is 0. The van der Waals surface area contributed by atoms with Gasteiger partial charge in [0.2, 0.25) is 5.91 Å². The first kappa shape index (κ1) is 17.6. The fourth-order valence-corrected chi connectivity index (χ4v) is 1.86. The Hall–Kier alpha value is -0.360. The zero-order chi connectivity index (χ0) is 12.3. The van der Waals surface area contributed by atoms with Gasteiger partial charge in [-0.05, 0) is 19.9 Å². The molecule has 6 heteroatoms. The molecule has 0 aromatic heterocycles. The van der Waals surface area contributed by atoms with E-state index >= 15 is 0 Å². The number of ether oxygens (including phenoxy) is 1. The molecule has 2 N–H and O–H groups in total. The van der Waals surface area contributed by atoms with E-state index in [1.165, 1.54) is 0 Å². The van der Waals surface area contributed by atoms with E-state index in [0.29, 0.717) is 19.6 Å². The summed E-state index contributed by atoms with van der Waals surface area (Å²) in [6.45, 7) is 9.40. The van der Waals surface area contributed by atoms with E-state index in [1.54, 1.807) is 0 Å². The van der Waals surface area contributed by atoms with Gasteiger partial charge in [-0.3, -0.25) is 4.79 Å². The molecule has 18 heavy (non-hydrogen) atoms. The van der Waals surface area contributed by atoms with Crippen LogP contribution in [0.2, 0.25) is 0 Å². The first-order chi connectivity index (χ1) is 8.33. The molecule has 0 aromatic rings. The van der Waals surface area contributed by atoms with Crippen LogP contribution in [0.1, 0.15) is 19.8 Å². The molecule has 5 nitrogen and oxygen atoms in total. The van der Waals surface area contributed by atoms with Crippen LogP contribution < -0.4 is 10.6 Å². The van der Waals surface area contributed by atoms with E-state index in [9.17, 15) is 4.79 Å². The van der Waals surface area contributed by atoms with Crippen LogP contribution in [0, 0.1) is 0 Å². The highest BCUT2D eigenvalue weighted by molar-refractivity contribution is 5.85. The van der Waals surface area contributed by atoms with Gasteiger partial charge >= 0.3 is 0 Å². The van der Waals surface area contributed by atoms with Crippen LogP contribution >= 0.6 is 12.4 Å². The number of rotatable bonds is 8. The third kappa shape index (κ3) is 8.69. The van der Waals surface area contributed by atoms with Gasteiger partial charge in [0.1, 0.15) is 0 Å². The van der Waals surface area contributed by atoms with Crippen molar-refractivity contribution in [1.29, 1.82) is 0 Å². The summed E-state index contributed by atoms with van der Waals surface area (Å²) >= 11 is 0. The summed E-state index contributed by atoms with van der Waals surface area (Å²) < 4.78 is 5.13. The molecule has 0 unspecified atom stereocenters. The van der Waals surface area contributed by atoms with Crippen molar-refractivity contribution in [3.8, 4) is 0 Å².